The van der Waals surface area contributed by atoms with Gasteiger partial charge >= 0.3 is 0 Å². The zero-order chi connectivity index (χ0) is 12.4. The van der Waals surface area contributed by atoms with Crippen LogP contribution in [-0.4, -0.2) is 9.78 Å². The van der Waals surface area contributed by atoms with Crippen LogP contribution in [0, 0.1) is 5.82 Å². The predicted molar refractivity (Wildman–Crippen MR) is 69.7 cm³/mol. The molecule has 0 bridgehead atoms. The van der Waals surface area contributed by atoms with Gasteiger partial charge < -0.3 is 0 Å². The van der Waals surface area contributed by atoms with Gasteiger partial charge in [0.15, 0.2) is 0 Å². The Morgan fingerprint density at radius 3 is 2.88 bits per heavy atom. The first kappa shape index (κ1) is 12.6. The fourth-order valence-electron chi connectivity index (χ4n) is 1.50. The molecule has 0 radical (unpaired) electrons. The van der Waals surface area contributed by atoms with Gasteiger partial charge in [-0.05, 0) is 40.5 Å². The Hall–Kier alpha value is -0.870. The molecule has 0 saturated heterocycles. The summed E-state index contributed by atoms with van der Waals surface area (Å²) in [5.41, 5.74) is 1.96. The molecular formula is C12H11BrClFN2. The van der Waals surface area contributed by atoms with Crippen LogP contribution in [0.5, 0.6) is 0 Å². The van der Waals surface area contributed by atoms with Gasteiger partial charge in [0.1, 0.15) is 5.82 Å². The van der Waals surface area contributed by atoms with Crippen molar-refractivity contribution in [1.29, 1.82) is 0 Å². The highest BCUT2D eigenvalue weighted by atomic mass is 79.9. The Labute approximate surface area is 113 Å². The van der Waals surface area contributed by atoms with E-state index in [-0.39, 0.29) is 11.2 Å². The molecule has 1 aromatic heterocycles. The summed E-state index contributed by atoms with van der Waals surface area (Å²) in [5, 5.41) is 4.16. The van der Waals surface area contributed by atoms with Crippen LogP contribution >= 0.6 is 27.5 Å². The van der Waals surface area contributed by atoms with Gasteiger partial charge in [-0.3, -0.25) is 4.68 Å². The van der Waals surface area contributed by atoms with Crippen molar-refractivity contribution in [3.05, 3.63) is 52.0 Å². The molecule has 2 nitrogen and oxygen atoms in total. The molecular weight excluding hydrogens is 307 g/mol. The van der Waals surface area contributed by atoms with E-state index >= 15 is 0 Å². The third-order valence-corrected chi connectivity index (χ3v) is 3.30. The lowest BCUT2D eigenvalue weighted by Gasteiger charge is -2.03. The van der Waals surface area contributed by atoms with Crippen LogP contribution in [0.25, 0.3) is 0 Å². The zero-order valence-electron chi connectivity index (χ0n) is 9.20. The van der Waals surface area contributed by atoms with Gasteiger partial charge in [-0.15, -0.1) is 11.6 Å². The van der Waals surface area contributed by atoms with Gasteiger partial charge in [0.05, 0.1) is 22.6 Å². The summed E-state index contributed by atoms with van der Waals surface area (Å²) in [5.74, 6) is -0.260. The summed E-state index contributed by atoms with van der Waals surface area (Å²) < 4.78 is 15.3. The minimum absolute atomic E-state index is 0.0521. The number of hydrogen-bond acceptors (Lipinski definition) is 1. The monoisotopic (exact) mass is 316 g/mol. The number of rotatable bonds is 3. The van der Waals surface area contributed by atoms with E-state index in [1.807, 2.05) is 13.1 Å². The number of aromatic nitrogens is 2. The molecule has 1 aromatic carbocycles. The molecule has 0 N–H and O–H groups in total. The third-order valence-electron chi connectivity index (χ3n) is 2.44. The van der Waals surface area contributed by atoms with Crippen LogP contribution in [0.2, 0.25) is 0 Å². The van der Waals surface area contributed by atoms with Gasteiger partial charge in [0, 0.05) is 11.8 Å². The lowest BCUT2D eigenvalue weighted by Crippen LogP contribution is -2.00. The molecule has 0 spiro atoms. The van der Waals surface area contributed by atoms with E-state index in [1.54, 1.807) is 23.0 Å². The SMILES string of the molecule is CC(Cl)c1cnn(Cc2ccc(F)c(Br)c2)c1. The summed E-state index contributed by atoms with van der Waals surface area (Å²) in [6, 6.07) is 4.93. The molecule has 90 valence electrons. The van der Waals surface area contributed by atoms with E-state index < -0.39 is 0 Å². The Kier molecular flexibility index (Phi) is 3.84. The fourth-order valence-corrected chi connectivity index (χ4v) is 2.04. The van der Waals surface area contributed by atoms with Crippen LogP contribution in [0.3, 0.4) is 0 Å². The molecule has 2 rings (SSSR count). The summed E-state index contributed by atoms with van der Waals surface area (Å²) in [6.45, 7) is 2.50. The first-order chi connectivity index (χ1) is 8.06. The summed E-state index contributed by atoms with van der Waals surface area (Å²) >= 11 is 9.12. The smallest absolute Gasteiger partial charge is 0.137 e. The molecule has 2 aromatic rings. The molecule has 1 atom stereocenters. The Morgan fingerprint density at radius 2 is 2.29 bits per heavy atom. The van der Waals surface area contributed by atoms with Crippen LogP contribution < -0.4 is 0 Å². The highest BCUT2D eigenvalue weighted by molar-refractivity contribution is 9.10. The summed E-state index contributed by atoms with van der Waals surface area (Å²) in [6.07, 6.45) is 3.64. The Balaban J connectivity index is 2.16. The zero-order valence-corrected chi connectivity index (χ0v) is 11.5. The first-order valence-electron chi connectivity index (χ1n) is 5.16. The topological polar surface area (TPSA) is 17.8 Å². The second-order valence-electron chi connectivity index (χ2n) is 3.84. The van der Waals surface area contributed by atoms with Crippen molar-refractivity contribution < 1.29 is 4.39 Å². The summed E-state index contributed by atoms with van der Waals surface area (Å²) in [4.78, 5) is 0. The highest BCUT2D eigenvalue weighted by Crippen LogP contribution is 2.20. The molecule has 0 amide bonds. The van der Waals surface area contributed by atoms with Crippen molar-refractivity contribution in [2.75, 3.05) is 0 Å². The molecule has 0 aliphatic carbocycles. The lowest BCUT2D eigenvalue weighted by atomic mass is 10.2. The Morgan fingerprint density at radius 1 is 1.53 bits per heavy atom. The van der Waals surface area contributed by atoms with Crippen LogP contribution in [0.1, 0.15) is 23.4 Å². The van der Waals surface area contributed by atoms with Crippen molar-refractivity contribution in [3.63, 3.8) is 0 Å². The number of hydrogen-bond donors (Lipinski definition) is 0. The van der Waals surface area contributed by atoms with Crippen LogP contribution in [-0.2, 0) is 6.54 Å². The maximum atomic E-state index is 13.1. The quantitative estimate of drug-likeness (QED) is 0.778. The number of alkyl halides is 1. The van der Waals surface area contributed by atoms with Crippen molar-refractivity contribution in [1.82, 2.24) is 9.78 Å². The third kappa shape index (κ3) is 3.07. The lowest BCUT2D eigenvalue weighted by molar-refractivity contribution is 0.617. The molecule has 1 unspecified atom stereocenters. The highest BCUT2D eigenvalue weighted by Gasteiger charge is 2.06. The molecule has 0 fully saturated rings. The van der Waals surface area contributed by atoms with Crippen LogP contribution in [0.4, 0.5) is 4.39 Å². The minimum Gasteiger partial charge on any atom is -0.268 e. The van der Waals surface area contributed by atoms with Gasteiger partial charge in [0.2, 0.25) is 0 Å². The summed E-state index contributed by atoms with van der Waals surface area (Å²) in [7, 11) is 0. The van der Waals surface area contributed by atoms with Gasteiger partial charge in [-0.1, -0.05) is 6.07 Å². The predicted octanol–water partition coefficient (Wildman–Crippen LogP) is 4.13. The normalized spacial score (nSPS) is 12.7. The van der Waals surface area contributed by atoms with E-state index in [2.05, 4.69) is 21.0 Å². The van der Waals surface area contributed by atoms with Gasteiger partial charge in [0.25, 0.3) is 0 Å². The first-order valence-corrected chi connectivity index (χ1v) is 6.39. The van der Waals surface area contributed by atoms with Crippen molar-refractivity contribution >= 4 is 27.5 Å². The second-order valence-corrected chi connectivity index (χ2v) is 5.34. The molecule has 17 heavy (non-hydrogen) atoms. The molecule has 0 aliphatic rings. The molecule has 0 saturated carbocycles. The average Bonchev–Trinajstić information content (AvgIpc) is 2.72. The van der Waals surface area contributed by atoms with E-state index in [4.69, 9.17) is 11.6 Å². The van der Waals surface area contributed by atoms with Crippen molar-refractivity contribution in [3.8, 4) is 0 Å². The molecule has 1 heterocycles. The van der Waals surface area contributed by atoms with Gasteiger partial charge in [-0.2, -0.15) is 5.10 Å². The van der Waals surface area contributed by atoms with Crippen LogP contribution in [0.15, 0.2) is 35.1 Å². The van der Waals surface area contributed by atoms with E-state index in [0.29, 0.717) is 11.0 Å². The van der Waals surface area contributed by atoms with Crippen molar-refractivity contribution in [2.45, 2.75) is 18.8 Å². The molecule has 0 aliphatic heterocycles. The minimum atomic E-state index is -0.260. The van der Waals surface area contributed by atoms with Gasteiger partial charge in [-0.25, -0.2) is 4.39 Å². The maximum absolute atomic E-state index is 13.1. The number of halogens is 3. The van der Waals surface area contributed by atoms with E-state index in [0.717, 1.165) is 11.1 Å². The van der Waals surface area contributed by atoms with E-state index in [1.165, 1.54) is 6.07 Å². The van der Waals surface area contributed by atoms with E-state index in [9.17, 15) is 4.39 Å². The fraction of sp³-hybridized carbons (Fsp3) is 0.250. The second kappa shape index (κ2) is 5.19. The Bertz CT molecular complexity index is 525. The molecule has 5 heteroatoms. The standard InChI is InChI=1S/C12H11BrClFN2/c1-8(14)10-5-16-17(7-10)6-9-2-3-12(15)11(13)4-9/h2-5,7-8H,6H2,1H3. The number of nitrogens with zero attached hydrogens (tertiary/aromatic N) is 2. The largest absolute Gasteiger partial charge is 0.268 e. The maximum Gasteiger partial charge on any atom is 0.137 e. The number of benzene rings is 1. The average molecular weight is 318 g/mol. The van der Waals surface area contributed by atoms with Crippen molar-refractivity contribution in [2.24, 2.45) is 0 Å².